The molecule has 1 rings (SSSR count). The summed E-state index contributed by atoms with van der Waals surface area (Å²) in [5.41, 5.74) is 0. The van der Waals surface area contributed by atoms with Crippen LogP contribution in [-0.4, -0.2) is 12.5 Å². The maximum Gasteiger partial charge on any atom is 0.237 e. The van der Waals surface area contributed by atoms with E-state index in [1.54, 1.807) is 0 Å². The predicted octanol–water partition coefficient (Wildman–Crippen LogP) is 1.01. The molecule has 1 N–H and O–H groups in total. The molecule has 0 atom stereocenters. The van der Waals surface area contributed by atoms with Gasteiger partial charge in [0, 0.05) is 13.0 Å². The van der Waals surface area contributed by atoms with Crippen molar-refractivity contribution in [1.29, 1.82) is 5.39 Å². The Labute approximate surface area is 65.0 Å². The van der Waals surface area contributed by atoms with Crippen LogP contribution in [0.15, 0.2) is 0 Å². The van der Waals surface area contributed by atoms with E-state index in [4.69, 9.17) is 10.6 Å². The van der Waals surface area contributed by atoms with Crippen molar-refractivity contribution < 1.29 is 4.79 Å². The van der Waals surface area contributed by atoms with Crippen LogP contribution in [0.5, 0.6) is 0 Å². The molecule has 0 aromatic heterocycles. The number of nitrogens with zero attached hydrogens (tertiary/aromatic N) is 2. The molecule has 0 spiro atoms. The van der Waals surface area contributed by atoms with Crippen LogP contribution >= 0.6 is 0 Å². The molecule has 5 heteroatoms. The average Bonchev–Trinajstić information content (AvgIpc) is 2.18. The normalized spacial score (nSPS) is 16.5. The highest BCUT2D eigenvalue weighted by atomic mass is 16.4. The first-order valence-corrected chi connectivity index (χ1v) is 3.54. The van der Waals surface area contributed by atoms with Crippen LogP contribution in [0.3, 0.4) is 0 Å². The molecule has 1 aliphatic heterocycles. The maximum atomic E-state index is 10.6. The van der Waals surface area contributed by atoms with Crippen LogP contribution in [0.4, 0.5) is 0 Å². The number of carbonyl (C=O) groups is 1. The fraction of sp³-hybridized carbons (Fsp3) is 0.833. The highest BCUT2D eigenvalue weighted by Gasteiger charge is 2.03. The molecule has 11 heavy (non-hydrogen) atoms. The van der Waals surface area contributed by atoms with Crippen molar-refractivity contribution >= 4 is 5.91 Å². The standard InChI is InChI=1S/C6H11NO.N2O/c8-6-4-2-1-3-5-7-6;1-2-3/h1-5H2,(H,7,8);. The summed E-state index contributed by atoms with van der Waals surface area (Å²) in [7, 11) is 0. The smallest absolute Gasteiger partial charge is 0.237 e. The van der Waals surface area contributed by atoms with E-state index in [1.807, 2.05) is 0 Å². The second-order valence-electron chi connectivity index (χ2n) is 2.24. The van der Waals surface area contributed by atoms with Gasteiger partial charge in [0.05, 0.1) is 0 Å². The van der Waals surface area contributed by atoms with Gasteiger partial charge >= 0.3 is 0 Å². The summed E-state index contributed by atoms with van der Waals surface area (Å²) in [6.45, 7) is 0.888. The zero-order valence-corrected chi connectivity index (χ0v) is 6.25. The fourth-order valence-electron chi connectivity index (χ4n) is 0.904. The average molecular weight is 157 g/mol. The van der Waals surface area contributed by atoms with E-state index in [2.05, 4.69) is 5.32 Å². The Morgan fingerprint density at radius 3 is 2.73 bits per heavy atom. The van der Waals surface area contributed by atoms with Gasteiger partial charge in [0.2, 0.25) is 16.4 Å². The second kappa shape index (κ2) is 6.81. The summed E-state index contributed by atoms with van der Waals surface area (Å²) < 4.78 is 0. The first kappa shape index (κ1) is 9.69. The van der Waals surface area contributed by atoms with Crippen LogP contribution in [0.25, 0.3) is 5.14 Å². The molecule has 0 aromatic carbocycles. The summed E-state index contributed by atoms with van der Waals surface area (Å²) in [5.74, 6) is 0.225. The lowest BCUT2D eigenvalue weighted by Gasteiger charge is -1.93. The topological polar surface area (TPSA) is 80.3 Å². The first-order chi connectivity index (χ1) is 5.31. The second-order valence-corrected chi connectivity index (χ2v) is 2.24. The van der Waals surface area contributed by atoms with E-state index < -0.39 is 0 Å². The maximum absolute atomic E-state index is 10.6. The summed E-state index contributed by atoms with van der Waals surface area (Å²) in [6, 6.07) is 0. The molecule has 62 valence electrons. The SMILES string of the molecule is N#[N+][O-].O=C1CCCCCN1. The molecule has 5 nitrogen and oxygen atoms in total. The van der Waals surface area contributed by atoms with Crippen molar-refractivity contribution in [3.05, 3.63) is 10.3 Å². The summed E-state index contributed by atoms with van der Waals surface area (Å²) in [5, 5.41) is 18.8. The van der Waals surface area contributed by atoms with Gasteiger partial charge in [-0.15, -0.1) is 0 Å². The van der Waals surface area contributed by atoms with Gasteiger partial charge in [-0.25, -0.2) is 0 Å². The molecule has 0 bridgehead atoms. The summed E-state index contributed by atoms with van der Waals surface area (Å²) in [6.07, 6.45) is 4.18. The van der Waals surface area contributed by atoms with Crippen LogP contribution in [0.1, 0.15) is 25.7 Å². The van der Waals surface area contributed by atoms with Crippen LogP contribution < -0.4 is 5.32 Å². The number of nitrogens with one attached hydrogen (secondary N) is 1. The zero-order valence-electron chi connectivity index (χ0n) is 6.25. The Bertz CT molecular complexity index is 142. The third-order valence-corrected chi connectivity index (χ3v) is 1.40. The summed E-state index contributed by atoms with van der Waals surface area (Å²) >= 11 is 0. The quantitative estimate of drug-likeness (QED) is 0.421. The lowest BCUT2D eigenvalue weighted by molar-refractivity contribution is -0.120. The largest absolute Gasteiger partial charge is 0.463 e. The van der Waals surface area contributed by atoms with E-state index in [1.165, 1.54) is 11.6 Å². The van der Waals surface area contributed by atoms with Gasteiger partial charge in [0.15, 0.2) is 0 Å². The van der Waals surface area contributed by atoms with Crippen molar-refractivity contribution in [3.63, 3.8) is 0 Å². The molecule has 0 aliphatic carbocycles. The molecule has 1 amide bonds. The Hall–Kier alpha value is -1.31. The predicted molar refractivity (Wildman–Crippen MR) is 39.9 cm³/mol. The van der Waals surface area contributed by atoms with Gasteiger partial charge in [-0.05, 0) is 12.8 Å². The van der Waals surface area contributed by atoms with Crippen molar-refractivity contribution in [2.24, 2.45) is 0 Å². The van der Waals surface area contributed by atoms with E-state index >= 15 is 0 Å². The minimum absolute atomic E-state index is 0.225. The number of amides is 1. The van der Waals surface area contributed by atoms with E-state index in [-0.39, 0.29) is 5.91 Å². The van der Waals surface area contributed by atoms with Crippen LogP contribution in [0.2, 0.25) is 0 Å². The number of hydrogen-bond donors (Lipinski definition) is 1. The molecule has 0 aromatic rings. The van der Waals surface area contributed by atoms with Gasteiger partial charge in [0.1, 0.15) is 0 Å². The number of diazo groups is 1. The number of carbonyl (C=O) groups excluding carboxylic acids is 1. The van der Waals surface area contributed by atoms with Gasteiger partial charge in [0.25, 0.3) is 0 Å². The van der Waals surface area contributed by atoms with Gasteiger partial charge in [-0.3, -0.25) is 4.79 Å². The fourth-order valence-corrected chi connectivity index (χ4v) is 0.904. The summed E-state index contributed by atoms with van der Waals surface area (Å²) in [4.78, 5) is 10.6. The molecule has 1 saturated heterocycles. The minimum Gasteiger partial charge on any atom is -0.463 e. The Balaban J connectivity index is 0.000000292. The van der Waals surface area contributed by atoms with Crippen molar-refractivity contribution in [2.45, 2.75) is 25.7 Å². The molecule has 1 fully saturated rings. The Morgan fingerprint density at radius 1 is 1.45 bits per heavy atom. The van der Waals surface area contributed by atoms with E-state index in [9.17, 15) is 4.79 Å². The highest BCUT2D eigenvalue weighted by molar-refractivity contribution is 5.75. The first-order valence-electron chi connectivity index (χ1n) is 3.54. The molecule has 0 radical (unpaired) electrons. The van der Waals surface area contributed by atoms with E-state index in [0.717, 1.165) is 25.8 Å². The van der Waals surface area contributed by atoms with Gasteiger partial charge in [-0.2, -0.15) is 0 Å². The zero-order chi connectivity index (χ0) is 8.53. The molecule has 0 saturated carbocycles. The molecular formula is C6H11N3O2. The third-order valence-electron chi connectivity index (χ3n) is 1.40. The third kappa shape index (κ3) is 6.58. The van der Waals surface area contributed by atoms with Crippen LogP contribution in [-0.2, 0) is 4.79 Å². The van der Waals surface area contributed by atoms with Crippen LogP contribution in [0, 0.1) is 10.6 Å². The van der Waals surface area contributed by atoms with E-state index in [0.29, 0.717) is 0 Å². The monoisotopic (exact) mass is 157 g/mol. The molecule has 0 unspecified atom stereocenters. The molecule has 1 aliphatic rings. The lowest BCUT2D eigenvalue weighted by Crippen LogP contribution is -2.21. The minimum atomic E-state index is 0.225. The number of hydrogen-bond acceptors (Lipinski definition) is 3. The Kier molecular flexibility index (Phi) is 5.99. The van der Waals surface area contributed by atoms with Crippen molar-refractivity contribution in [3.8, 4) is 0 Å². The molecule has 1 heterocycles. The lowest BCUT2D eigenvalue weighted by atomic mass is 10.2. The van der Waals surface area contributed by atoms with Crippen molar-refractivity contribution in [2.75, 3.05) is 6.54 Å². The van der Waals surface area contributed by atoms with Gasteiger partial charge in [-0.1, -0.05) is 6.42 Å². The van der Waals surface area contributed by atoms with Crippen molar-refractivity contribution in [1.82, 2.24) is 5.32 Å². The number of rotatable bonds is 0. The Morgan fingerprint density at radius 2 is 2.09 bits per heavy atom. The molecular weight excluding hydrogens is 146 g/mol. The van der Waals surface area contributed by atoms with Gasteiger partial charge < -0.3 is 10.5 Å². The highest BCUT2D eigenvalue weighted by Crippen LogP contribution is 2.02.